The quantitative estimate of drug-likeness (QED) is 0.654. The second kappa shape index (κ2) is 5.56. The zero-order chi connectivity index (χ0) is 14.0. The lowest BCUT2D eigenvalue weighted by Crippen LogP contribution is -2.18. The SMILES string of the molecule is O=C(O)[C@@H]1CC[C@H](Nc2ccc([N+](=O)[O-])cc2Br)C1. The number of hydrogen-bond acceptors (Lipinski definition) is 4. The minimum absolute atomic E-state index is 0.0206. The molecule has 0 heterocycles. The molecule has 6 nitrogen and oxygen atoms in total. The third-order valence-corrected chi connectivity index (χ3v) is 3.96. The van der Waals surface area contributed by atoms with E-state index in [1.165, 1.54) is 12.1 Å². The molecule has 1 aliphatic carbocycles. The number of nitro groups is 1. The molecule has 19 heavy (non-hydrogen) atoms. The van der Waals surface area contributed by atoms with Crippen molar-refractivity contribution in [2.75, 3.05) is 5.32 Å². The van der Waals surface area contributed by atoms with E-state index in [1.807, 2.05) is 0 Å². The Bertz CT molecular complexity index is 520. The molecule has 0 radical (unpaired) electrons. The lowest BCUT2D eigenvalue weighted by atomic mass is 10.1. The van der Waals surface area contributed by atoms with Crippen molar-refractivity contribution in [2.24, 2.45) is 5.92 Å². The standard InChI is InChI=1S/C12H13BrN2O4/c13-10-6-9(15(18)19)3-4-11(10)14-8-2-1-7(5-8)12(16)17/h3-4,6-8,14H,1-2,5H2,(H,16,17)/t7-,8+/m1/s1. The Hall–Kier alpha value is -1.63. The number of nitrogens with one attached hydrogen (secondary N) is 1. The Morgan fingerprint density at radius 1 is 1.47 bits per heavy atom. The van der Waals surface area contributed by atoms with E-state index in [1.54, 1.807) is 6.07 Å². The fourth-order valence-corrected chi connectivity index (χ4v) is 2.77. The first-order valence-corrected chi connectivity index (χ1v) is 6.70. The molecule has 1 saturated carbocycles. The van der Waals surface area contributed by atoms with E-state index in [2.05, 4.69) is 21.2 Å². The summed E-state index contributed by atoms with van der Waals surface area (Å²) in [6.45, 7) is 0. The third kappa shape index (κ3) is 3.23. The van der Waals surface area contributed by atoms with Gasteiger partial charge in [0, 0.05) is 28.3 Å². The molecule has 1 aromatic carbocycles. The summed E-state index contributed by atoms with van der Waals surface area (Å²) < 4.78 is 0.612. The van der Waals surface area contributed by atoms with Gasteiger partial charge in [0.1, 0.15) is 0 Å². The molecule has 0 saturated heterocycles. The van der Waals surface area contributed by atoms with E-state index in [9.17, 15) is 14.9 Å². The highest BCUT2D eigenvalue weighted by Gasteiger charge is 2.29. The number of rotatable bonds is 4. The maximum absolute atomic E-state index is 10.9. The predicted molar refractivity (Wildman–Crippen MR) is 73.2 cm³/mol. The molecule has 1 fully saturated rings. The number of carboxylic acid groups (broad SMARTS) is 1. The summed E-state index contributed by atoms with van der Waals surface area (Å²) in [6, 6.07) is 4.60. The van der Waals surface area contributed by atoms with Crippen LogP contribution < -0.4 is 5.32 Å². The zero-order valence-electron chi connectivity index (χ0n) is 10.0. The molecular formula is C12H13BrN2O4. The van der Waals surface area contributed by atoms with E-state index in [4.69, 9.17) is 5.11 Å². The van der Waals surface area contributed by atoms with Crippen LogP contribution in [-0.4, -0.2) is 22.0 Å². The Morgan fingerprint density at radius 2 is 2.21 bits per heavy atom. The van der Waals surface area contributed by atoms with Gasteiger partial charge in [0.25, 0.3) is 5.69 Å². The smallest absolute Gasteiger partial charge is 0.306 e. The van der Waals surface area contributed by atoms with Gasteiger partial charge in [-0.3, -0.25) is 14.9 Å². The molecular weight excluding hydrogens is 316 g/mol. The normalized spacial score (nSPS) is 22.2. The van der Waals surface area contributed by atoms with Crippen LogP contribution in [0.5, 0.6) is 0 Å². The summed E-state index contributed by atoms with van der Waals surface area (Å²) in [5.41, 5.74) is 0.772. The highest BCUT2D eigenvalue weighted by atomic mass is 79.9. The maximum Gasteiger partial charge on any atom is 0.306 e. The van der Waals surface area contributed by atoms with Gasteiger partial charge in [-0.05, 0) is 41.3 Å². The number of non-ortho nitro benzene ring substituents is 1. The predicted octanol–water partition coefficient (Wildman–Crippen LogP) is 3.02. The molecule has 1 aromatic rings. The van der Waals surface area contributed by atoms with Crippen molar-refractivity contribution in [2.45, 2.75) is 25.3 Å². The number of halogens is 1. The summed E-state index contributed by atoms with van der Waals surface area (Å²) in [6.07, 6.45) is 2.04. The van der Waals surface area contributed by atoms with Crippen LogP contribution in [0.3, 0.4) is 0 Å². The first-order valence-electron chi connectivity index (χ1n) is 5.90. The third-order valence-electron chi connectivity index (χ3n) is 3.30. The number of nitro benzene ring substituents is 1. The molecule has 102 valence electrons. The van der Waals surface area contributed by atoms with Gasteiger partial charge in [0.2, 0.25) is 0 Å². The van der Waals surface area contributed by atoms with Crippen molar-refractivity contribution < 1.29 is 14.8 Å². The van der Waals surface area contributed by atoms with Crippen LogP contribution in [-0.2, 0) is 4.79 Å². The van der Waals surface area contributed by atoms with Crippen LogP contribution in [0.4, 0.5) is 11.4 Å². The molecule has 0 spiro atoms. The fourth-order valence-electron chi connectivity index (χ4n) is 2.29. The van der Waals surface area contributed by atoms with Gasteiger partial charge in [0.15, 0.2) is 0 Å². The Kier molecular flexibility index (Phi) is 4.04. The van der Waals surface area contributed by atoms with Crippen molar-refractivity contribution in [3.63, 3.8) is 0 Å². The van der Waals surface area contributed by atoms with Crippen molar-refractivity contribution >= 4 is 33.3 Å². The zero-order valence-corrected chi connectivity index (χ0v) is 11.6. The van der Waals surface area contributed by atoms with Crippen LogP contribution >= 0.6 is 15.9 Å². The number of aliphatic carboxylic acids is 1. The second-order valence-electron chi connectivity index (χ2n) is 4.61. The van der Waals surface area contributed by atoms with Gasteiger partial charge >= 0.3 is 5.97 Å². The van der Waals surface area contributed by atoms with E-state index in [-0.39, 0.29) is 17.6 Å². The average molecular weight is 329 g/mol. The first-order chi connectivity index (χ1) is 8.97. The molecule has 7 heteroatoms. The van der Waals surface area contributed by atoms with Gasteiger partial charge in [-0.25, -0.2) is 0 Å². The Balaban J connectivity index is 2.04. The first kappa shape index (κ1) is 13.8. The number of carbonyl (C=O) groups is 1. The van der Waals surface area contributed by atoms with Gasteiger partial charge in [-0.1, -0.05) is 0 Å². The van der Waals surface area contributed by atoms with Crippen LogP contribution in [0.15, 0.2) is 22.7 Å². The molecule has 2 N–H and O–H groups in total. The van der Waals surface area contributed by atoms with E-state index < -0.39 is 10.9 Å². The van der Waals surface area contributed by atoms with Crippen molar-refractivity contribution in [1.29, 1.82) is 0 Å². The summed E-state index contributed by atoms with van der Waals surface area (Å²) >= 11 is 3.28. The van der Waals surface area contributed by atoms with Crippen LogP contribution in [0, 0.1) is 16.0 Å². The van der Waals surface area contributed by atoms with Crippen LogP contribution in [0.2, 0.25) is 0 Å². The van der Waals surface area contributed by atoms with Gasteiger partial charge in [-0.15, -0.1) is 0 Å². The topological polar surface area (TPSA) is 92.5 Å². The molecule has 0 aliphatic heterocycles. The number of carboxylic acids is 1. The number of hydrogen-bond donors (Lipinski definition) is 2. The van der Waals surface area contributed by atoms with Gasteiger partial charge < -0.3 is 10.4 Å². The second-order valence-corrected chi connectivity index (χ2v) is 5.47. The molecule has 2 rings (SSSR count). The molecule has 0 bridgehead atoms. The molecule has 1 aliphatic rings. The summed E-state index contributed by atoms with van der Waals surface area (Å²) in [5.74, 6) is -1.05. The highest BCUT2D eigenvalue weighted by molar-refractivity contribution is 9.10. The Labute approximate surface area is 118 Å². The van der Waals surface area contributed by atoms with Crippen LogP contribution in [0.25, 0.3) is 0 Å². The van der Waals surface area contributed by atoms with Crippen molar-refractivity contribution in [3.05, 3.63) is 32.8 Å². The highest BCUT2D eigenvalue weighted by Crippen LogP contribution is 2.32. The average Bonchev–Trinajstić information content (AvgIpc) is 2.80. The van der Waals surface area contributed by atoms with Crippen molar-refractivity contribution in [1.82, 2.24) is 0 Å². The molecule has 0 amide bonds. The summed E-state index contributed by atoms with van der Waals surface area (Å²) in [4.78, 5) is 21.0. The molecule has 2 atom stereocenters. The molecule has 0 aromatic heterocycles. The van der Waals surface area contributed by atoms with Crippen molar-refractivity contribution in [3.8, 4) is 0 Å². The largest absolute Gasteiger partial charge is 0.481 e. The van der Waals surface area contributed by atoms with Crippen LogP contribution in [0.1, 0.15) is 19.3 Å². The monoisotopic (exact) mass is 328 g/mol. The van der Waals surface area contributed by atoms with E-state index in [0.717, 1.165) is 12.1 Å². The fraction of sp³-hybridized carbons (Fsp3) is 0.417. The number of benzene rings is 1. The van der Waals surface area contributed by atoms with Gasteiger partial charge in [-0.2, -0.15) is 0 Å². The number of nitrogens with zero attached hydrogens (tertiary/aromatic N) is 1. The minimum atomic E-state index is -0.757. The van der Waals surface area contributed by atoms with E-state index >= 15 is 0 Å². The van der Waals surface area contributed by atoms with E-state index in [0.29, 0.717) is 17.3 Å². The molecule has 0 unspecified atom stereocenters. The maximum atomic E-state index is 10.9. The van der Waals surface area contributed by atoms with Gasteiger partial charge in [0.05, 0.1) is 10.8 Å². The lowest BCUT2D eigenvalue weighted by Gasteiger charge is -2.15. The summed E-state index contributed by atoms with van der Waals surface area (Å²) in [7, 11) is 0. The lowest BCUT2D eigenvalue weighted by molar-refractivity contribution is -0.384. The number of anilines is 1. The summed E-state index contributed by atoms with van der Waals surface area (Å²) in [5, 5.41) is 22.8. The Morgan fingerprint density at radius 3 is 2.74 bits per heavy atom. The minimum Gasteiger partial charge on any atom is -0.481 e.